The van der Waals surface area contributed by atoms with Crippen LogP contribution in [0.25, 0.3) is 0 Å². The molecule has 1 unspecified atom stereocenters. The molecular formula is C27H27NO4. The van der Waals surface area contributed by atoms with Crippen molar-refractivity contribution >= 4 is 6.09 Å². The number of allylic oxidation sites excluding steroid dienone is 1. The highest BCUT2D eigenvalue weighted by Gasteiger charge is 2.38. The molecule has 1 saturated heterocycles. The van der Waals surface area contributed by atoms with Crippen molar-refractivity contribution in [2.24, 2.45) is 0 Å². The third kappa shape index (κ3) is 4.78. The number of benzene rings is 3. The maximum absolute atomic E-state index is 12.8. The summed E-state index contributed by atoms with van der Waals surface area (Å²) < 4.78 is 17.1. The van der Waals surface area contributed by atoms with Crippen LogP contribution in [0.5, 0.6) is 11.5 Å². The van der Waals surface area contributed by atoms with E-state index >= 15 is 0 Å². The maximum atomic E-state index is 12.8. The zero-order chi connectivity index (χ0) is 22.3. The van der Waals surface area contributed by atoms with Gasteiger partial charge in [-0.15, -0.1) is 6.58 Å². The molecule has 164 valence electrons. The number of nitrogens with zero attached hydrogens (tertiary/aromatic N) is 1. The lowest BCUT2D eigenvalue weighted by Gasteiger charge is -2.26. The molecule has 5 heteroatoms. The lowest BCUT2D eigenvalue weighted by Crippen LogP contribution is -2.32. The molecular weight excluding hydrogens is 402 g/mol. The number of rotatable bonds is 9. The summed E-state index contributed by atoms with van der Waals surface area (Å²) in [5, 5.41) is 0. The Morgan fingerprint density at radius 3 is 2.28 bits per heavy atom. The minimum atomic E-state index is -0.380. The van der Waals surface area contributed by atoms with Crippen molar-refractivity contribution in [2.45, 2.75) is 18.6 Å². The Kier molecular flexibility index (Phi) is 6.75. The predicted octanol–water partition coefficient (Wildman–Crippen LogP) is 5.41. The van der Waals surface area contributed by atoms with Gasteiger partial charge in [0.05, 0.1) is 19.7 Å². The lowest BCUT2D eigenvalue weighted by molar-refractivity contribution is 0.101. The largest absolute Gasteiger partial charge is 0.493 e. The molecule has 0 N–H and O–H groups in total. The number of methoxy groups -OCH3 is 1. The van der Waals surface area contributed by atoms with Crippen molar-refractivity contribution in [2.75, 3.05) is 20.3 Å². The van der Waals surface area contributed by atoms with Gasteiger partial charge in [-0.25, -0.2) is 4.79 Å². The fourth-order valence-electron chi connectivity index (χ4n) is 3.97. The standard InChI is InChI=1S/C27H27NO4/c1-3-10-20-15-16-24(25(17-20)30-2)31-19-23-18-28(27(29)32-23)26(21-11-6-4-7-12-21)22-13-8-5-9-14-22/h3-9,11-17,23,26H,1,10,18-19H2,2H3. The average molecular weight is 430 g/mol. The Labute approximate surface area is 188 Å². The van der Waals surface area contributed by atoms with Crippen LogP contribution in [0.4, 0.5) is 4.79 Å². The first-order chi connectivity index (χ1) is 15.7. The highest BCUT2D eigenvalue weighted by molar-refractivity contribution is 5.71. The van der Waals surface area contributed by atoms with Crippen LogP contribution in [0.1, 0.15) is 22.7 Å². The van der Waals surface area contributed by atoms with Gasteiger partial charge in [0.15, 0.2) is 17.6 Å². The predicted molar refractivity (Wildman–Crippen MR) is 124 cm³/mol. The molecule has 1 amide bonds. The Hall–Kier alpha value is -3.73. The van der Waals surface area contributed by atoms with Crippen molar-refractivity contribution in [3.05, 3.63) is 108 Å². The second-order valence-electron chi connectivity index (χ2n) is 7.67. The fraction of sp³-hybridized carbons (Fsp3) is 0.222. The van der Waals surface area contributed by atoms with Crippen LogP contribution in [-0.4, -0.2) is 37.4 Å². The first kappa shape index (κ1) is 21.5. The van der Waals surface area contributed by atoms with Gasteiger partial charge in [0, 0.05) is 0 Å². The number of carbonyl (C=O) groups is 1. The van der Waals surface area contributed by atoms with Crippen LogP contribution in [0.3, 0.4) is 0 Å². The molecule has 0 spiro atoms. The van der Waals surface area contributed by atoms with Gasteiger partial charge >= 0.3 is 6.09 Å². The van der Waals surface area contributed by atoms with E-state index in [1.807, 2.05) is 84.9 Å². The Morgan fingerprint density at radius 2 is 1.69 bits per heavy atom. The quantitative estimate of drug-likeness (QED) is 0.427. The third-order valence-corrected chi connectivity index (χ3v) is 5.48. The van der Waals surface area contributed by atoms with Crippen molar-refractivity contribution in [1.29, 1.82) is 0 Å². The Balaban J connectivity index is 1.49. The van der Waals surface area contributed by atoms with Crippen LogP contribution in [0.15, 0.2) is 91.5 Å². The van der Waals surface area contributed by atoms with Gasteiger partial charge in [-0.3, -0.25) is 4.90 Å². The van der Waals surface area contributed by atoms with Crippen LogP contribution < -0.4 is 9.47 Å². The molecule has 0 saturated carbocycles. The molecule has 1 aliphatic heterocycles. The molecule has 0 radical (unpaired) electrons. The molecule has 32 heavy (non-hydrogen) atoms. The number of hydrogen-bond donors (Lipinski definition) is 0. The van der Waals surface area contributed by atoms with Crippen molar-refractivity contribution in [1.82, 2.24) is 4.90 Å². The SMILES string of the molecule is C=CCc1ccc(OCC2CN(C(c3ccccc3)c3ccccc3)C(=O)O2)c(OC)c1. The van der Waals surface area contributed by atoms with Crippen LogP contribution in [-0.2, 0) is 11.2 Å². The molecule has 4 rings (SSSR count). The monoisotopic (exact) mass is 429 g/mol. The van der Waals surface area contributed by atoms with Gasteiger partial charge in [0.1, 0.15) is 6.61 Å². The molecule has 1 atom stereocenters. The number of cyclic esters (lactones) is 1. The zero-order valence-corrected chi connectivity index (χ0v) is 18.1. The number of amides is 1. The molecule has 1 aliphatic rings. The summed E-state index contributed by atoms with van der Waals surface area (Å²) in [6.07, 6.45) is 1.88. The van der Waals surface area contributed by atoms with E-state index in [4.69, 9.17) is 14.2 Å². The first-order valence-electron chi connectivity index (χ1n) is 10.7. The zero-order valence-electron chi connectivity index (χ0n) is 18.1. The summed E-state index contributed by atoms with van der Waals surface area (Å²) >= 11 is 0. The molecule has 0 bridgehead atoms. The van der Waals surface area contributed by atoms with Gasteiger partial charge in [-0.1, -0.05) is 72.8 Å². The van der Waals surface area contributed by atoms with Crippen molar-refractivity contribution in [3.8, 4) is 11.5 Å². The van der Waals surface area contributed by atoms with E-state index in [-0.39, 0.29) is 24.8 Å². The minimum absolute atomic E-state index is 0.220. The summed E-state index contributed by atoms with van der Waals surface area (Å²) in [6, 6.07) is 25.6. The van der Waals surface area contributed by atoms with E-state index in [0.717, 1.165) is 23.1 Å². The van der Waals surface area contributed by atoms with E-state index in [1.165, 1.54) is 0 Å². The number of carbonyl (C=O) groups excluding carboxylic acids is 1. The smallest absolute Gasteiger partial charge is 0.411 e. The average Bonchev–Trinajstić information content (AvgIpc) is 3.20. The summed E-state index contributed by atoms with van der Waals surface area (Å²) in [5.41, 5.74) is 3.17. The van der Waals surface area contributed by atoms with E-state index in [1.54, 1.807) is 12.0 Å². The van der Waals surface area contributed by atoms with Crippen LogP contribution >= 0.6 is 0 Å². The fourth-order valence-corrected chi connectivity index (χ4v) is 3.97. The van der Waals surface area contributed by atoms with Crippen LogP contribution in [0.2, 0.25) is 0 Å². The molecule has 1 fully saturated rings. The topological polar surface area (TPSA) is 48.0 Å². The van der Waals surface area contributed by atoms with E-state index in [0.29, 0.717) is 18.0 Å². The van der Waals surface area contributed by atoms with Gasteiger partial charge in [-0.2, -0.15) is 0 Å². The third-order valence-electron chi connectivity index (χ3n) is 5.48. The number of hydrogen-bond acceptors (Lipinski definition) is 4. The Bertz CT molecular complexity index is 1010. The Morgan fingerprint density at radius 1 is 1.03 bits per heavy atom. The highest BCUT2D eigenvalue weighted by atomic mass is 16.6. The van der Waals surface area contributed by atoms with Gasteiger partial charge in [0.25, 0.3) is 0 Å². The maximum Gasteiger partial charge on any atom is 0.411 e. The van der Waals surface area contributed by atoms with E-state index in [9.17, 15) is 4.79 Å². The van der Waals surface area contributed by atoms with Gasteiger partial charge in [-0.05, 0) is 35.2 Å². The van der Waals surface area contributed by atoms with Crippen molar-refractivity contribution < 1.29 is 19.0 Å². The van der Waals surface area contributed by atoms with Crippen molar-refractivity contribution in [3.63, 3.8) is 0 Å². The minimum Gasteiger partial charge on any atom is -0.493 e. The lowest BCUT2D eigenvalue weighted by atomic mass is 9.97. The summed E-state index contributed by atoms with van der Waals surface area (Å²) in [6.45, 7) is 4.45. The summed E-state index contributed by atoms with van der Waals surface area (Å²) in [7, 11) is 1.61. The van der Waals surface area contributed by atoms with Gasteiger partial charge in [0.2, 0.25) is 0 Å². The second kappa shape index (κ2) is 10.1. The molecule has 5 nitrogen and oxygen atoms in total. The molecule has 0 aromatic heterocycles. The highest BCUT2D eigenvalue weighted by Crippen LogP contribution is 2.33. The van der Waals surface area contributed by atoms with Crippen LogP contribution in [0, 0.1) is 0 Å². The summed E-state index contributed by atoms with van der Waals surface area (Å²) in [4.78, 5) is 14.6. The second-order valence-corrected chi connectivity index (χ2v) is 7.67. The molecule has 1 heterocycles. The molecule has 0 aliphatic carbocycles. The molecule has 3 aromatic rings. The van der Waals surface area contributed by atoms with E-state index < -0.39 is 0 Å². The number of ether oxygens (including phenoxy) is 3. The molecule has 3 aromatic carbocycles. The first-order valence-corrected chi connectivity index (χ1v) is 10.7. The summed E-state index contributed by atoms with van der Waals surface area (Å²) in [5.74, 6) is 1.27. The normalized spacial score (nSPS) is 15.5. The van der Waals surface area contributed by atoms with E-state index in [2.05, 4.69) is 6.58 Å². The van der Waals surface area contributed by atoms with Gasteiger partial charge < -0.3 is 14.2 Å².